The number of carbonyl (C=O) groups excluding carboxylic acids is 1. The van der Waals surface area contributed by atoms with Crippen LogP contribution in [-0.4, -0.2) is 22.8 Å². The predicted octanol–water partition coefficient (Wildman–Crippen LogP) is 0.760. The first-order valence-electron chi connectivity index (χ1n) is 5.81. The fraction of sp³-hybridized carbons (Fsp3) is 0.0714. The van der Waals surface area contributed by atoms with Crippen molar-refractivity contribution in [2.75, 3.05) is 5.43 Å². The van der Waals surface area contributed by atoms with Gasteiger partial charge in [-0.15, -0.1) is 0 Å². The fourth-order valence-corrected chi connectivity index (χ4v) is 2.82. The maximum absolute atomic E-state index is 12.9. The van der Waals surface area contributed by atoms with Gasteiger partial charge in [-0.1, -0.05) is 0 Å². The van der Waals surface area contributed by atoms with Gasteiger partial charge in [0.15, 0.2) is 0 Å². The Bertz CT molecular complexity index is 655. The molecule has 2 aromatic carbocycles. The van der Waals surface area contributed by atoms with Crippen LogP contribution in [0.3, 0.4) is 0 Å². The molecule has 0 fully saturated rings. The summed E-state index contributed by atoms with van der Waals surface area (Å²) >= 11 is 1.47. The van der Waals surface area contributed by atoms with Gasteiger partial charge >= 0.3 is 118 Å². The van der Waals surface area contributed by atoms with Crippen LogP contribution in [0.15, 0.2) is 36.4 Å². The molecule has 3 rings (SSSR count). The number of rotatable bonds is 2. The number of nitrogens with zero attached hydrogens (tertiary/aromatic N) is 1. The summed E-state index contributed by atoms with van der Waals surface area (Å²) in [5.41, 5.74) is 9.96. The van der Waals surface area contributed by atoms with Gasteiger partial charge < -0.3 is 0 Å². The average Bonchev–Trinajstić information content (AvgIpc) is 2.74. The third-order valence-corrected chi connectivity index (χ3v) is 4.22. The summed E-state index contributed by atoms with van der Waals surface area (Å²) in [6.07, 6.45) is 0.719. The number of hydrogen-bond donors (Lipinski definition) is 1. The van der Waals surface area contributed by atoms with E-state index in [1.54, 1.807) is 12.1 Å². The molecule has 1 aliphatic rings. The number of fused-ring (bicyclic) bond motifs is 1. The molecule has 0 aliphatic carbocycles. The molecule has 0 bridgehead atoms. The van der Waals surface area contributed by atoms with Crippen LogP contribution in [0, 0.1) is 5.82 Å². The second kappa shape index (κ2) is 4.71. The van der Waals surface area contributed by atoms with E-state index in [9.17, 15) is 9.18 Å². The second-order valence-electron chi connectivity index (χ2n) is 4.43. The Balaban J connectivity index is 1.93. The first kappa shape index (κ1) is 12.2. The number of carbonyl (C=O) groups is 1. The summed E-state index contributed by atoms with van der Waals surface area (Å²) in [5, 5.41) is 0. The maximum atomic E-state index is 12.9. The van der Waals surface area contributed by atoms with Gasteiger partial charge in [-0.25, -0.2) is 0 Å². The third-order valence-electron chi connectivity index (χ3n) is 3.10. The summed E-state index contributed by atoms with van der Waals surface area (Å²) in [7, 11) is 0. The zero-order valence-corrected chi connectivity index (χ0v) is 12.4. The summed E-state index contributed by atoms with van der Waals surface area (Å²) in [6.45, 7) is 0. The van der Waals surface area contributed by atoms with Gasteiger partial charge in [-0.2, -0.15) is 0 Å². The molecule has 1 N–H and O–H groups in total. The van der Waals surface area contributed by atoms with Crippen LogP contribution in [-0.2, 0) is 6.42 Å². The Morgan fingerprint density at radius 2 is 1.95 bits per heavy atom. The molecule has 3 nitrogen and oxygen atoms in total. The van der Waals surface area contributed by atoms with Gasteiger partial charge in [0.05, 0.1) is 0 Å². The molecule has 2 aromatic rings. The van der Waals surface area contributed by atoms with Crippen LogP contribution in [0.1, 0.15) is 21.5 Å². The van der Waals surface area contributed by atoms with E-state index in [-0.39, 0.29) is 11.7 Å². The van der Waals surface area contributed by atoms with E-state index in [1.807, 2.05) is 12.1 Å². The molecule has 0 aromatic heterocycles. The van der Waals surface area contributed by atoms with Crippen LogP contribution in [0.2, 0.25) is 0 Å². The predicted molar refractivity (Wildman–Crippen MR) is 73.9 cm³/mol. The van der Waals surface area contributed by atoms with Gasteiger partial charge in [-0.05, 0) is 0 Å². The van der Waals surface area contributed by atoms with E-state index in [0.29, 0.717) is 5.56 Å². The van der Waals surface area contributed by atoms with Crippen LogP contribution >= 0.6 is 0 Å². The molecule has 0 spiro atoms. The number of nitrogens with one attached hydrogen (secondary N) is 1. The van der Waals surface area contributed by atoms with Crippen molar-refractivity contribution < 1.29 is 9.18 Å². The molecule has 19 heavy (non-hydrogen) atoms. The van der Waals surface area contributed by atoms with Crippen LogP contribution in [0.5, 0.6) is 0 Å². The van der Waals surface area contributed by atoms with E-state index in [4.69, 9.17) is 0 Å². The molecular formula is C14H11AsFN2O. The SMILES string of the molecule is O=C1[N]Nc2cc(Cc3ccc(F)cc3)c([AsH2])cc21. The number of amides is 1. The van der Waals surface area contributed by atoms with Crippen molar-refractivity contribution in [2.45, 2.75) is 6.42 Å². The van der Waals surface area contributed by atoms with Crippen molar-refractivity contribution in [3.63, 3.8) is 0 Å². The number of benzene rings is 2. The molecule has 1 amide bonds. The van der Waals surface area contributed by atoms with Crippen LogP contribution < -0.4 is 15.2 Å². The van der Waals surface area contributed by atoms with E-state index >= 15 is 0 Å². The Morgan fingerprint density at radius 1 is 1.21 bits per heavy atom. The van der Waals surface area contributed by atoms with Gasteiger partial charge in [0.1, 0.15) is 0 Å². The normalized spacial score (nSPS) is 12.8. The number of anilines is 1. The number of hydrogen-bond acceptors (Lipinski definition) is 2. The molecule has 1 radical (unpaired) electrons. The van der Waals surface area contributed by atoms with Crippen molar-refractivity contribution >= 4 is 32.8 Å². The Labute approximate surface area is 118 Å². The topological polar surface area (TPSA) is 43.2 Å². The molecular weight excluding hydrogens is 306 g/mol. The first-order chi connectivity index (χ1) is 9.13. The average molecular weight is 317 g/mol. The van der Waals surface area contributed by atoms with Crippen LogP contribution in [0.4, 0.5) is 10.1 Å². The summed E-state index contributed by atoms with van der Waals surface area (Å²) < 4.78 is 14.0. The van der Waals surface area contributed by atoms with Crippen molar-refractivity contribution in [3.05, 3.63) is 58.9 Å². The van der Waals surface area contributed by atoms with E-state index < -0.39 is 0 Å². The monoisotopic (exact) mass is 317 g/mol. The second-order valence-corrected chi connectivity index (χ2v) is 5.73. The van der Waals surface area contributed by atoms with Crippen LogP contribution in [0.25, 0.3) is 0 Å². The molecule has 0 saturated carbocycles. The minimum atomic E-state index is -0.232. The van der Waals surface area contributed by atoms with Crippen molar-refractivity contribution in [3.8, 4) is 0 Å². The molecule has 1 unspecified atom stereocenters. The van der Waals surface area contributed by atoms with Gasteiger partial charge in [0.2, 0.25) is 0 Å². The van der Waals surface area contributed by atoms with E-state index in [1.165, 1.54) is 29.0 Å². The zero-order valence-electron chi connectivity index (χ0n) is 9.98. The van der Waals surface area contributed by atoms with Gasteiger partial charge in [0, 0.05) is 0 Å². The molecule has 0 saturated heterocycles. The van der Waals surface area contributed by atoms with Gasteiger partial charge in [0.25, 0.3) is 0 Å². The standard InChI is InChI=1S/C14H11AsFN2O/c15-12-7-11-13(17-18-14(11)19)6-9(12)5-8-1-3-10(16)4-2-8/h1-4,6-7,17H,5,15H2. The third kappa shape index (κ3) is 2.36. The zero-order chi connectivity index (χ0) is 13.4. The Hall–Kier alpha value is -1.80. The fourth-order valence-electron chi connectivity index (χ4n) is 2.08. The first-order valence-corrected chi connectivity index (χ1v) is 7.02. The summed E-state index contributed by atoms with van der Waals surface area (Å²) in [6, 6.07) is 10.3. The van der Waals surface area contributed by atoms with E-state index in [0.717, 1.165) is 27.6 Å². The molecule has 5 heteroatoms. The molecule has 1 atom stereocenters. The molecule has 95 valence electrons. The number of halogens is 1. The molecule has 1 heterocycles. The molecule has 1 aliphatic heterocycles. The Morgan fingerprint density at radius 3 is 2.68 bits per heavy atom. The quantitative estimate of drug-likeness (QED) is 0.831. The summed E-state index contributed by atoms with van der Waals surface area (Å²) in [4.78, 5) is 11.5. The van der Waals surface area contributed by atoms with Crippen molar-refractivity contribution in [2.24, 2.45) is 0 Å². The summed E-state index contributed by atoms with van der Waals surface area (Å²) in [5.74, 6) is -0.452. The van der Waals surface area contributed by atoms with E-state index in [2.05, 4.69) is 10.9 Å². The van der Waals surface area contributed by atoms with Crippen molar-refractivity contribution in [1.82, 2.24) is 5.43 Å². The van der Waals surface area contributed by atoms with Gasteiger partial charge in [-0.3, -0.25) is 0 Å². The minimum absolute atomic E-state index is 0.220. The van der Waals surface area contributed by atoms with Crippen molar-refractivity contribution in [1.29, 1.82) is 0 Å². The Kier molecular flexibility index (Phi) is 3.03.